The number of benzene rings is 2. The summed E-state index contributed by atoms with van der Waals surface area (Å²) in [7, 11) is 1.60. The quantitative estimate of drug-likeness (QED) is 0.581. The summed E-state index contributed by atoms with van der Waals surface area (Å²) < 4.78 is 5.13. The number of anilines is 2. The Kier molecular flexibility index (Phi) is 9.18. The van der Waals surface area contributed by atoms with Gasteiger partial charge in [0.05, 0.1) is 25.4 Å². The van der Waals surface area contributed by atoms with E-state index in [0.29, 0.717) is 13.2 Å². The van der Waals surface area contributed by atoms with Crippen LogP contribution < -0.4 is 10.6 Å². The van der Waals surface area contributed by atoms with E-state index in [9.17, 15) is 9.59 Å². The van der Waals surface area contributed by atoms with E-state index in [0.717, 1.165) is 27.4 Å². The van der Waals surface area contributed by atoms with Crippen molar-refractivity contribution in [2.24, 2.45) is 0 Å². The third-order valence-corrected chi connectivity index (χ3v) is 5.40. The highest BCUT2D eigenvalue weighted by atomic mass is 32.2. The van der Waals surface area contributed by atoms with Crippen LogP contribution in [0.25, 0.3) is 0 Å². The first-order valence-electron chi connectivity index (χ1n) is 9.44. The molecule has 0 radical (unpaired) electrons. The number of rotatable bonds is 10. The maximum absolute atomic E-state index is 12.6. The molecule has 2 amide bonds. The first-order chi connectivity index (χ1) is 13.9. The predicted octanol–water partition coefficient (Wildman–Crippen LogP) is 3.55. The number of carbonyl (C=O) groups is 2. The number of nitrogens with zero attached hydrogens (tertiary/aromatic N) is 1. The molecular formula is C22H29N3O3S. The van der Waals surface area contributed by atoms with Crippen molar-refractivity contribution in [2.45, 2.75) is 18.7 Å². The zero-order valence-electron chi connectivity index (χ0n) is 17.5. The average Bonchev–Trinajstić information content (AvgIpc) is 2.70. The molecule has 0 aromatic heterocycles. The fourth-order valence-corrected chi connectivity index (χ4v) is 3.41. The summed E-state index contributed by atoms with van der Waals surface area (Å²) in [4.78, 5) is 27.9. The van der Waals surface area contributed by atoms with Gasteiger partial charge in [-0.05, 0) is 49.4 Å². The summed E-state index contributed by atoms with van der Waals surface area (Å²) in [6.45, 7) is 5.11. The van der Waals surface area contributed by atoms with Crippen molar-refractivity contribution in [3.05, 3.63) is 53.6 Å². The van der Waals surface area contributed by atoms with Crippen LogP contribution in [-0.2, 0) is 14.3 Å². The molecule has 2 N–H and O–H groups in total. The lowest BCUT2D eigenvalue weighted by Gasteiger charge is -2.21. The Morgan fingerprint density at radius 1 is 0.966 bits per heavy atom. The number of aryl methyl sites for hydroxylation is 1. The molecule has 0 unspecified atom stereocenters. The molecule has 0 bridgehead atoms. The van der Waals surface area contributed by atoms with Gasteiger partial charge in [-0.1, -0.05) is 24.3 Å². The van der Waals surface area contributed by atoms with Gasteiger partial charge in [-0.15, -0.1) is 11.8 Å². The van der Waals surface area contributed by atoms with Crippen LogP contribution in [0.15, 0.2) is 47.4 Å². The molecule has 6 nitrogen and oxygen atoms in total. The van der Waals surface area contributed by atoms with Gasteiger partial charge in [0.25, 0.3) is 0 Å². The lowest BCUT2D eigenvalue weighted by atomic mass is 10.1. The number of amides is 2. The van der Waals surface area contributed by atoms with Crippen molar-refractivity contribution in [3.8, 4) is 0 Å². The highest BCUT2D eigenvalue weighted by Crippen LogP contribution is 2.24. The highest BCUT2D eigenvalue weighted by Gasteiger charge is 2.16. The van der Waals surface area contributed by atoms with Gasteiger partial charge >= 0.3 is 0 Å². The monoisotopic (exact) mass is 415 g/mol. The Morgan fingerprint density at radius 2 is 1.59 bits per heavy atom. The average molecular weight is 416 g/mol. The maximum atomic E-state index is 12.6. The molecule has 2 rings (SSSR count). The van der Waals surface area contributed by atoms with Crippen molar-refractivity contribution in [2.75, 3.05) is 50.2 Å². The fraction of sp³-hybridized carbons (Fsp3) is 0.364. The summed E-state index contributed by atoms with van der Waals surface area (Å²) >= 11 is 1.57. The molecule has 7 heteroatoms. The third kappa shape index (κ3) is 7.20. The normalized spacial score (nSPS) is 10.8. The Morgan fingerprint density at radius 3 is 2.24 bits per heavy atom. The molecule has 0 spiro atoms. The van der Waals surface area contributed by atoms with Crippen LogP contribution >= 0.6 is 11.8 Å². The van der Waals surface area contributed by atoms with E-state index in [1.165, 1.54) is 0 Å². The number of hydrogen-bond acceptors (Lipinski definition) is 5. The third-order valence-electron chi connectivity index (χ3n) is 4.61. The van der Waals surface area contributed by atoms with Gasteiger partial charge in [0.2, 0.25) is 11.8 Å². The van der Waals surface area contributed by atoms with E-state index in [1.807, 2.05) is 62.6 Å². The Balaban J connectivity index is 1.99. The molecule has 0 saturated heterocycles. The van der Waals surface area contributed by atoms with Gasteiger partial charge in [0.15, 0.2) is 0 Å². The Bertz CT molecular complexity index is 842. The number of carbonyl (C=O) groups excluding carboxylic acids is 2. The molecule has 0 aliphatic heterocycles. The summed E-state index contributed by atoms with van der Waals surface area (Å²) in [6.07, 6.45) is 1.97. The first-order valence-corrected chi connectivity index (χ1v) is 10.7. The van der Waals surface area contributed by atoms with E-state index >= 15 is 0 Å². The Hall–Kier alpha value is -2.35. The highest BCUT2D eigenvalue weighted by molar-refractivity contribution is 7.98. The first kappa shape index (κ1) is 22.9. The predicted molar refractivity (Wildman–Crippen MR) is 120 cm³/mol. The summed E-state index contributed by atoms with van der Waals surface area (Å²) in [6, 6.07) is 13.5. The van der Waals surface area contributed by atoms with E-state index in [-0.39, 0.29) is 24.9 Å². The molecule has 0 aliphatic carbocycles. The summed E-state index contributed by atoms with van der Waals surface area (Å²) in [5, 5.41) is 5.88. The summed E-state index contributed by atoms with van der Waals surface area (Å²) in [5.74, 6) is -0.325. The van der Waals surface area contributed by atoms with E-state index < -0.39 is 0 Å². The van der Waals surface area contributed by atoms with E-state index in [1.54, 1.807) is 23.8 Å². The molecule has 0 heterocycles. The molecule has 0 atom stereocenters. The van der Waals surface area contributed by atoms with Crippen LogP contribution in [0, 0.1) is 13.8 Å². The van der Waals surface area contributed by atoms with E-state index in [2.05, 4.69) is 10.6 Å². The van der Waals surface area contributed by atoms with Gasteiger partial charge < -0.3 is 15.4 Å². The zero-order valence-corrected chi connectivity index (χ0v) is 18.3. The summed E-state index contributed by atoms with van der Waals surface area (Å²) in [5.41, 5.74) is 3.72. The van der Waals surface area contributed by atoms with Crippen molar-refractivity contribution in [1.29, 1.82) is 0 Å². The maximum Gasteiger partial charge on any atom is 0.238 e. The minimum atomic E-state index is -0.165. The molecular weight excluding hydrogens is 386 g/mol. The standard InChI is InChI=1S/C22H29N3O3S/c1-16-8-7-10-18(17(16)2)23-21(26)14-25(12-13-28-3)15-22(27)24-19-9-5-6-11-20(19)29-4/h5-11H,12-15H2,1-4H3,(H,23,26)(H,24,27). The zero-order chi connectivity index (χ0) is 21.2. The van der Waals surface area contributed by atoms with Crippen molar-refractivity contribution < 1.29 is 14.3 Å². The second kappa shape index (κ2) is 11.6. The number of ether oxygens (including phenoxy) is 1. The topological polar surface area (TPSA) is 70.7 Å². The molecule has 29 heavy (non-hydrogen) atoms. The number of thioether (sulfide) groups is 1. The van der Waals surface area contributed by atoms with Crippen molar-refractivity contribution >= 4 is 35.0 Å². The lowest BCUT2D eigenvalue weighted by molar-refractivity contribution is -0.120. The molecule has 2 aromatic rings. The van der Waals surface area contributed by atoms with Crippen LogP contribution in [-0.4, -0.2) is 56.3 Å². The number of nitrogens with one attached hydrogen (secondary N) is 2. The molecule has 0 fully saturated rings. The molecule has 0 aliphatic rings. The second-order valence-corrected chi connectivity index (χ2v) is 7.60. The molecule has 0 saturated carbocycles. The van der Waals surface area contributed by atoms with Gasteiger partial charge in [-0.25, -0.2) is 0 Å². The second-order valence-electron chi connectivity index (χ2n) is 6.75. The van der Waals surface area contributed by atoms with Crippen LogP contribution in [0.3, 0.4) is 0 Å². The van der Waals surface area contributed by atoms with Gasteiger partial charge in [0, 0.05) is 24.2 Å². The molecule has 156 valence electrons. The van der Waals surface area contributed by atoms with Crippen LogP contribution in [0.5, 0.6) is 0 Å². The minimum Gasteiger partial charge on any atom is -0.383 e. The smallest absolute Gasteiger partial charge is 0.238 e. The molecule has 2 aromatic carbocycles. The number of para-hydroxylation sites is 1. The van der Waals surface area contributed by atoms with Crippen molar-refractivity contribution in [3.63, 3.8) is 0 Å². The fourth-order valence-electron chi connectivity index (χ4n) is 2.85. The van der Waals surface area contributed by atoms with E-state index in [4.69, 9.17) is 4.74 Å². The van der Waals surface area contributed by atoms with Crippen LogP contribution in [0.2, 0.25) is 0 Å². The van der Waals surface area contributed by atoms with Crippen molar-refractivity contribution in [1.82, 2.24) is 4.90 Å². The van der Waals surface area contributed by atoms with Gasteiger partial charge in [0.1, 0.15) is 0 Å². The Labute approximate surface area is 177 Å². The lowest BCUT2D eigenvalue weighted by Crippen LogP contribution is -2.40. The van der Waals surface area contributed by atoms with Gasteiger partial charge in [-0.3, -0.25) is 14.5 Å². The largest absolute Gasteiger partial charge is 0.383 e. The van der Waals surface area contributed by atoms with Crippen LogP contribution in [0.4, 0.5) is 11.4 Å². The van der Waals surface area contributed by atoms with Gasteiger partial charge in [-0.2, -0.15) is 0 Å². The number of methoxy groups -OCH3 is 1. The minimum absolute atomic E-state index is 0.103. The SMILES string of the molecule is COCCN(CC(=O)Nc1ccccc1SC)CC(=O)Nc1cccc(C)c1C. The number of hydrogen-bond donors (Lipinski definition) is 2. The van der Waals surface area contributed by atoms with Crippen LogP contribution in [0.1, 0.15) is 11.1 Å².